The summed E-state index contributed by atoms with van der Waals surface area (Å²) in [4.78, 5) is 12.6. The summed E-state index contributed by atoms with van der Waals surface area (Å²) in [5.74, 6) is 2.68. The largest absolute Gasteiger partial charge is 0.484 e. The molecule has 7 aromatic rings. The second-order valence-corrected chi connectivity index (χ2v) is 13.7. The number of aliphatic imine (C=N–C) groups is 2. The van der Waals surface area contributed by atoms with Crippen LogP contribution in [0.25, 0.3) is 38.2 Å². The van der Waals surface area contributed by atoms with Gasteiger partial charge in [-0.15, -0.1) is 0 Å². The van der Waals surface area contributed by atoms with Gasteiger partial charge in [-0.3, -0.25) is 0 Å². The van der Waals surface area contributed by atoms with Crippen molar-refractivity contribution in [1.29, 1.82) is 0 Å². The van der Waals surface area contributed by atoms with Crippen molar-refractivity contribution in [2.45, 2.75) is 18.2 Å². The Morgan fingerprint density at radius 2 is 1.31 bits per heavy atom. The summed E-state index contributed by atoms with van der Waals surface area (Å²) in [7, 11) is 2.10. The van der Waals surface area contributed by atoms with Gasteiger partial charge in [0.15, 0.2) is 5.84 Å². The van der Waals surface area contributed by atoms with Crippen LogP contribution in [0, 0.1) is 0 Å². The highest BCUT2D eigenvalue weighted by molar-refractivity contribution is 6.18. The third-order valence-corrected chi connectivity index (χ3v) is 10.7. The Bertz CT molecular complexity index is 2640. The van der Waals surface area contributed by atoms with Crippen LogP contribution in [0.3, 0.4) is 0 Å². The second kappa shape index (κ2) is 12.4. The van der Waals surface area contributed by atoms with Crippen molar-refractivity contribution in [2.75, 3.05) is 7.05 Å². The molecule has 0 saturated heterocycles. The standard InChI is InChI=1S/C48H35N3O/c1-51-47(33-17-6-3-7-18-33)49-46(32-15-4-2-5-16-32)50-48(51)41-29-28-39(37-20-10-11-21-38(37)41)40-23-13-25-43-44(40)42-24-12-22-36(45(42)52-43)35-27-26-31-14-8-9-19-34(31)30-35/h2-30,43-44,47H,1H3. The summed E-state index contributed by atoms with van der Waals surface area (Å²) in [5.41, 5.74) is 9.21. The summed E-state index contributed by atoms with van der Waals surface area (Å²) in [5, 5.41) is 4.81. The number of fused-ring (bicyclic) bond motifs is 5. The van der Waals surface area contributed by atoms with Gasteiger partial charge in [-0.1, -0.05) is 164 Å². The smallest absolute Gasteiger partial charge is 0.159 e. The molecule has 0 bridgehead atoms. The summed E-state index contributed by atoms with van der Waals surface area (Å²) in [6.45, 7) is 0. The fourth-order valence-electron chi connectivity index (χ4n) is 8.19. The van der Waals surface area contributed by atoms with E-state index in [1.807, 2.05) is 24.3 Å². The molecule has 0 N–H and O–H groups in total. The third-order valence-electron chi connectivity index (χ3n) is 10.7. The van der Waals surface area contributed by atoms with Gasteiger partial charge in [0.1, 0.15) is 23.9 Å². The van der Waals surface area contributed by atoms with Crippen molar-refractivity contribution in [3.05, 3.63) is 204 Å². The SMILES string of the molecule is CN1C(c2ccc(C3=CC=CC4Oc5c(-c6ccc7ccccc7c6)cccc5C34)c3ccccc23)=NC(c2ccccc2)=NC1c1ccccc1. The van der Waals surface area contributed by atoms with Gasteiger partial charge < -0.3 is 9.64 Å². The number of nitrogens with zero attached hydrogens (tertiary/aromatic N) is 3. The van der Waals surface area contributed by atoms with Crippen LogP contribution >= 0.6 is 0 Å². The molecule has 10 rings (SSSR count). The Morgan fingerprint density at radius 1 is 0.596 bits per heavy atom. The Labute approximate surface area is 303 Å². The minimum atomic E-state index is -0.210. The lowest BCUT2D eigenvalue weighted by Crippen LogP contribution is -2.35. The molecule has 4 nitrogen and oxygen atoms in total. The first kappa shape index (κ1) is 30.3. The maximum Gasteiger partial charge on any atom is 0.159 e. The van der Waals surface area contributed by atoms with Gasteiger partial charge in [-0.2, -0.15) is 0 Å². The van der Waals surface area contributed by atoms with Gasteiger partial charge in [0, 0.05) is 29.3 Å². The molecule has 3 aliphatic rings. The molecule has 0 fully saturated rings. The zero-order chi connectivity index (χ0) is 34.6. The summed E-state index contributed by atoms with van der Waals surface area (Å²) >= 11 is 0. The number of para-hydroxylation sites is 1. The lowest BCUT2D eigenvalue weighted by Gasteiger charge is -2.33. The molecule has 52 heavy (non-hydrogen) atoms. The Balaban J connectivity index is 1.08. The van der Waals surface area contributed by atoms with Crippen LogP contribution in [-0.4, -0.2) is 29.7 Å². The van der Waals surface area contributed by atoms with E-state index in [9.17, 15) is 0 Å². The highest BCUT2D eigenvalue weighted by Gasteiger charge is 2.39. The monoisotopic (exact) mass is 669 g/mol. The Hall–Kier alpha value is -6.52. The maximum atomic E-state index is 6.85. The van der Waals surface area contributed by atoms with Gasteiger partial charge in [-0.25, -0.2) is 9.98 Å². The van der Waals surface area contributed by atoms with Gasteiger partial charge in [0.05, 0.1) is 5.92 Å². The first-order valence-electron chi connectivity index (χ1n) is 17.9. The van der Waals surface area contributed by atoms with Crippen molar-refractivity contribution in [3.8, 4) is 16.9 Å². The van der Waals surface area contributed by atoms with E-state index in [1.54, 1.807) is 0 Å². The zero-order valence-electron chi connectivity index (χ0n) is 28.7. The molecule has 7 aromatic carbocycles. The minimum Gasteiger partial charge on any atom is -0.484 e. The number of amidine groups is 2. The predicted molar refractivity (Wildman–Crippen MR) is 214 cm³/mol. The fraction of sp³-hybridized carbons (Fsp3) is 0.0833. The van der Waals surface area contributed by atoms with Gasteiger partial charge in [0.2, 0.25) is 0 Å². The number of ether oxygens (including phenoxy) is 1. The number of hydrogen-bond donors (Lipinski definition) is 0. The molecule has 2 aliphatic heterocycles. The highest BCUT2D eigenvalue weighted by Crippen LogP contribution is 2.52. The second-order valence-electron chi connectivity index (χ2n) is 13.7. The van der Waals surface area contributed by atoms with E-state index < -0.39 is 0 Å². The average molecular weight is 670 g/mol. The average Bonchev–Trinajstić information content (AvgIpc) is 3.61. The van der Waals surface area contributed by atoms with Gasteiger partial charge >= 0.3 is 0 Å². The molecule has 0 amide bonds. The Kier molecular flexibility index (Phi) is 7.21. The van der Waals surface area contributed by atoms with Crippen LogP contribution in [0.5, 0.6) is 5.75 Å². The van der Waals surface area contributed by atoms with Crippen molar-refractivity contribution >= 4 is 38.8 Å². The third kappa shape index (κ3) is 4.98. The van der Waals surface area contributed by atoms with E-state index in [0.29, 0.717) is 0 Å². The van der Waals surface area contributed by atoms with Crippen LogP contribution < -0.4 is 4.74 Å². The van der Waals surface area contributed by atoms with Gasteiger partial charge in [0.25, 0.3) is 0 Å². The highest BCUT2D eigenvalue weighted by atomic mass is 16.5. The van der Waals surface area contributed by atoms with E-state index in [4.69, 9.17) is 14.7 Å². The van der Waals surface area contributed by atoms with Crippen molar-refractivity contribution < 1.29 is 4.74 Å². The normalized spacial score (nSPS) is 19.1. The van der Waals surface area contributed by atoms with Crippen molar-refractivity contribution in [2.24, 2.45) is 9.98 Å². The number of hydrogen-bond acceptors (Lipinski definition) is 4. The lowest BCUT2D eigenvalue weighted by atomic mass is 9.79. The van der Waals surface area contributed by atoms with E-state index >= 15 is 0 Å². The van der Waals surface area contributed by atoms with Crippen LogP contribution in [-0.2, 0) is 0 Å². The molecule has 3 unspecified atom stereocenters. The van der Waals surface area contributed by atoms with Crippen molar-refractivity contribution in [1.82, 2.24) is 4.90 Å². The fourth-order valence-corrected chi connectivity index (χ4v) is 8.19. The molecule has 1 aliphatic carbocycles. The molecule has 0 aromatic heterocycles. The molecule has 4 heteroatoms. The van der Waals surface area contributed by atoms with Crippen LogP contribution in [0.2, 0.25) is 0 Å². The first-order chi connectivity index (χ1) is 25.7. The van der Waals surface area contributed by atoms with Gasteiger partial charge in [-0.05, 0) is 56.0 Å². The molecule has 0 spiro atoms. The molecular weight excluding hydrogens is 635 g/mol. The van der Waals surface area contributed by atoms with Crippen LogP contribution in [0.4, 0.5) is 0 Å². The first-order valence-corrected chi connectivity index (χ1v) is 17.9. The van der Waals surface area contributed by atoms with Crippen LogP contribution in [0.1, 0.15) is 39.9 Å². The van der Waals surface area contributed by atoms with E-state index in [0.717, 1.165) is 45.1 Å². The number of benzene rings is 7. The topological polar surface area (TPSA) is 37.2 Å². The zero-order valence-corrected chi connectivity index (χ0v) is 28.7. The summed E-state index contributed by atoms with van der Waals surface area (Å²) in [6.07, 6.45) is 6.35. The summed E-state index contributed by atoms with van der Waals surface area (Å²) in [6, 6.07) is 55.9. The summed E-state index contributed by atoms with van der Waals surface area (Å²) < 4.78 is 6.85. The molecular formula is C48H35N3O. The molecule has 2 heterocycles. The maximum absolute atomic E-state index is 6.85. The minimum absolute atomic E-state index is 0.0728. The molecule has 3 atom stereocenters. The van der Waals surface area contributed by atoms with E-state index in [-0.39, 0.29) is 18.2 Å². The predicted octanol–water partition coefficient (Wildman–Crippen LogP) is 11.0. The Morgan fingerprint density at radius 3 is 2.13 bits per heavy atom. The van der Waals surface area contributed by atoms with E-state index in [2.05, 4.69) is 164 Å². The molecule has 248 valence electrons. The molecule has 0 saturated carbocycles. The number of rotatable bonds is 5. The van der Waals surface area contributed by atoms with E-state index in [1.165, 1.54) is 38.4 Å². The van der Waals surface area contributed by atoms with Crippen LogP contribution in [0.15, 0.2) is 186 Å². The molecule has 0 radical (unpaired) electrons. The number of allylic oxidation sites excluding steroid dienone is 2. The lowest BCUT2D eigenvalue weighted by molar-refractivity contribution is 0.272. The quantitative estimate of drug-likeness (QED) is 0.183. The van der Waals surface area contributed by atoms with Crippen molar-refractivity contribution in [3.63, 3.8) is 0 Å².